The molecule has 0 aliphatic carbocycles. The summed E-state index contributed by atoms with van der Waals surface area (Å²) in [5.74, 6) is 0.789. The fourth-order valence-electron chi connectivity index (χ4n) is 2.27. The molecule has 1 atom stereocenters. The van der Waals surface area contributed by atoms with E-state index in [4.69, 9.17) is 10.5 Å². The first-order valence-electron chi connectivity index (χ1n) is 6.93. The normalized spacial score (nSPS) is 12.2. The van der Waals surface area contributed by atoms with Crippen molar-refractivity contribution in [3.05, 3.63) is 58.9 Å². The number of nitrogens with zero attached hydrogens (tertiary/aromatic N) is 1. The Morgan fingerprint density at radius 2 is 1.85 bits per heavy atom. The van der Waals surface area contributed by atoms with Crippen molar-refractivity contribution in [2.24, 2.45) is 5.73 Å². The van der Waals surface area contributed by atoms with Gasteiger partial charge in [0.1, 0.15) is 12.4 Å². The number of aromatic nitrogens is 1. The minimum Gasteiger partial charge on any atom is -0.487 e. The molecule has 2 N–H and O–H groups in total. The predicted octanol–water partition coefficient (Wildman–Crippen LogP) is 3.17. The van der Waals surface area contributed by atoms with Crippen LogP contribution in [0.1, 0.15) is 29.3 Å². The molecular weight excluding hydrogens is 248 g/mol. The Bertz CT molecular complexity index is 541. The van der Waals surface area contributed by atoms with Crippen molar-refractivity contribution in [2.75, 3.05) is 0 Å². The van der Waals surface area contributed by atoms with Crippen LogP contribution in [0.25, 0.3) is 0 Å². The van der Waals surface area contributed by atoms with Crippen molar-refractivity contribution in [2.45, 2.75) is 39.8 Å². The monoisotopic (exact) mass is 270 g/mol. The van der Waals surface area contributed by atoms with Crippen LogP contribution in [0.5, 0.6) is 5.75 Å². The van der Waals surface area contributed by atoms with Gasteiger partial charge in [0.2, 0.25) is 0 Å². The summed E-state index contributed by atoms with van der Waals surface area (Å²) >= 11 is 0. The van der Waals surface area contributed by atoms with Crippen molar-refractivity contribution >= 4 is 0 Å². The molecule has 0 saturated carbocycles. The highest BCUT2D eigenvalue weighted by Gasteiger charge is 2.02. The van der Waals surface area contributed by atoms with Crippen LogP contribution in [0.3, 0.4) is 0 Å². The van der Waals surface area contributed by atoms with E-state index in [2.05, 4.69) is 37.0 Å². The molecule has 106 valence electrons. The fourth-order valence-corrected chi connectivity index (χ4v) is 2.27. The average molecular weight is 270 g/mol. The van der Waals surface area contributed by atoms with Gasteiger partial charge in [-0.25, -0.2) is 0 Å². The second-order valence-corrected chi connectivity index (χ2v) is 5.45. The Balaban J connectivity index is 1.96. The van der Waals surface area contributed by atoms with Gasteiger partial charge < -0.3 is 10.5 Å². The van der Waals surface area contributed by atoms with E-state index in [1.807, 2.05) is 19.1 Å². The first-order valence-corrected chi connectivity index (χ1v) is 6.93. The van der Waals surface area contributed by atoms with E-state index in [9.17, 15) is 0 Å². The van der Waals surface area contributed by atoms with Gasteiger partial charge in [0.05, 0.1) is 6.20 Å². The molecule has 0 aliphatic heterocycles. The molecule has 0 fully saturated rings. The molecule has 3 heteroatoms. The molecule has 0 spiro atoms. The van der Waals surface area contributed by atoms with Gasteiger partial charge in [-0.05, 0) is 38.5 Å². The van der Waals surface area contributed by atoms with Crippen LogP contribution < -0.4 is 10.5 Å². The molecule has 1 heterocycles. The lowest BCUT2D eigenvalue weighted by molar-refractivity contribution is 0.304. The third kappa shape index (κ3) is 4.35. The molecule has 1 aromatic heterocycles. The standard InChI is InChI=1S/C17H22N2O/c1-12-6-13(2)8-15(7-12)11-20-17-5-4-16(19-10-17)9-14(3)18/h4-8,10,14H,9,11,18H2,1-3H3. The molecule has 0 saturated heterocycles. The smallest absolute Gasteiger partial charge is 0.138 e. The molecule has 0 amide bonds. The highest BCUT2D eigenvalue weighted by molar-refractivity contribution is 5.29. The molecule has 1 unspecified atom stereocenters. The summed E-state index contributed by atoms with van der Waals surface area (Å²) in [4.78, 5) is 4.36. The largest absolute Gasteiger partial charge is 0.487 e. The number of hydrogen-bond acceptors (Lipinski definition) is 3. The topological polar surface area (TPSA) is 48.1 Å². The van der Waals surface area contributed by atoms with Crippen LogP contribution >= 0.6 is 0 Å². The number of hydrogen-bond donors (Lipinski definition) is 1. The number of pyridine rings is 1. The summed E-state index contributed by atoms with van der Waals surface area (Å²) < 4.78 is 5.77. The molecule has 20 heavy (non-hydrogen) atoms. The number of ether oxygens (including phenoxy) is 1. The van der Waals surface area contributed by atoms with Gasteiger partial charge in [0.15, 0.2) is 0 Å². The Morgan fingerprint density at radius 1 is 1.15 bits per heavy atom. The Kier molecular flexibility index (Phi) is 4.74. The van der Waals surface area contributed by atoms with Gasteiger partial charge in [-0.15, -0.1) is 0 Å². The van der Waals surface area contributed by atoms with Crippen LogP contribution in [0, 0.1) is 13.8 Å². The van der Waals surface area contributed by atoms with E-state index in [-0.39, 0.29) is 6.04 Å². The van der Waals surface area contributed by atoms with Crippen molar-refractivity contribution in [1.82, 2.24) is 4.98 Å². The van der Waals surface area contributed by atoms with E-state index in [1.54, 1.807) is 6.20 Å². The molecule has 0 aliphatic rings. The van der Waals surface area contributed by atoms with Gasteiger partial charge in [-0.3, -0.25) is 4.98 Å². The summed E-state index contributed by atoms with van der Waals surface area (Å²) in [6.45, 7) is 6.74. The highest BCUT2D eigenvalue weighted by atomic mass is 16.5. The molecule has 3 nitrogen and oxygen atoms in total. The average Bonchev–Trinajstić information content (AvgIpc) is 2.36. The lowest BCUT2D eigenvalue weighted by Gasteiger charge is -2.09. The van der Waals surface area contributed by atoms with Gasteiger partial charge in [-0.1, -0.05) is 29.3 Å². The second kappa shape index (κ2) is 6.53. The minimum absolute atomic E-state index is 0.129. The molecule has 0 bridgehead atoms. The zero-order chi connectivity index (χ0) is 14.5. The summed E-state index contributed by atoms with van der Waals surface area (Å²) in [7, 11) is 0. The maximum absolute atomic E-state index is 5.77. The van der Waals surface area contributed by atoms with Crippen LogP contribution in [0.2, 0.25) is 0 Å². The highest BCUT2D eigenvalue weighted by Crippen LogP contribution is 2.14. The SMILES string of the molecule is Cc1cc(C)cc(COc2ccc(CC(C)N)nc2)c1. The third-order valence-electron chi connectivity index (χ3n) is 3.02. The summed E-state index contributed by atoms with van der Waals surface area (Å²) in [5.41, 5.74) is 10.5. The van der Waals surface area contributed by atoms with Gasteiger partial charge >= 0.3 is 0 Å². The zero-order valence-electron chi connectivity index (χ0n) is 12.4. The Hall–Kier alpha value is -1.87. The number of aryl methyl sites for hydroxylation is 2. The third-order valence-corrected chi connectivity index (χ3v) is 3.02. The van der Waals surface area contributed by atoms with Crippen LogP contribution in [-0.2, 0) is 13.0 Å². The molecule has 2 aromatic rings. The van der Waals surface area contributed by atoms with Crippen molar-refractivity contribution in [3.63, 3.8) is 0 Å². The van der Waals surface area contributed by atoms with Crippen molar-refractivity contribution in [3.8, 4) is 5.75 Å². The zero-order valence-corrected chi connectivity index (χ0v) is 12.4. The first kappa shape index (κ1) is 14.5. The van der Waals surface area contributed by atoms with E-state index < -0.39 is 0 Å². The van der Waals surface area contributed by atoms with E-state index in [1.165, 1.54) is 16.7 Å². The van der Waals surface area contributed by atoms with Crippen molar-refractivity contribution in [1.29, 1.82) is 0 Å². The lowest BCUT2D eigenvalue weighted by atomic mass is 10.1. The number of rotatable bonds is 5. The Morgan fingerprint density at radius 3 is 2.40 bits per heavy atom. The molecule has 1 aromatic carbocycles. The Labute approximate surface area is 120 Å². The molecule has 2 rings (SSSR count). The minimum atomic E-state index is 0.129. The fraction of sp³-hybridized carbons (Fsp3) is 0.353. The number of benzene rings is 1. The van der Waals surface area contributed by atoms with E-state index in [0.717, 1.165) is 17.9 Å². The maximum atomic E-state index is 5.77. The second-order valence-electron chi connectivity index (χ2n) is 5.45. The quantitative estimate of drug-likeness (QED) is 0.907. The maximum Gasteiger partial charge on any atom is 0.138 e. The van der Waals surface area contributed by atoms with Crippen LogP contribution in [-0.4, -0.2) is 11.0 Å². The number of nitrogens with two attached hydrogens (primary N) is 1. The van der Waals surface area contributed by atoms with Crippen LogP contribution in [0.4, 0.5) is 0 Å². The van der Waals surface area contributed by atoms with E-state index >= 15 is 0 Å². The van der Waals surface area contributed by atoms with Gasteiger partial charge in [0.25, 0.3) is 0 Å². The first-order chi connectivity index (χ1) is 9.52. The van der Waals surface area contributed by atoms with Gasteiger partial charge in [-0.2, -0.15) is 0 Å². The summed E-state index contributed by atoms with van der Waals surface area (Å²) in [6, 6.07) is 10.5. The molecule has 0 radical (unpaired) electrons. The molecular formula is C17H22N2O. The van der Waals surface area contributed by atoms with Gasteiger partial charge in [0, 0.05) is 18.2 Å². The van der Waals surface area contributed by atoms with Crippen molar-refractivity contribution < 1.29 is 4.74 Å². The lowest BCUT2D eigenvalue weighted by Crippen LogP contribution is -2.18. The van der Waals surface area contributed by atoms with E-state index in [0.29, 0.717) is 6.61 Å². The van der Waals surface area contributed by atoms with Crippen LogP contribution in [0.15, 0.2) is 36.5 Å². The summed E-state index contributed by atoms with van der Waals surface area (Å²) in [6.07, 6.45) is 2.55. The summed E-state index contributed by atoms with van der Waals surface area (Å²) in [5, 5.41) is 0. The predicted molar refractivity (Wildman–Crippen MR) is 81.8 cm³/mol.